The molecule has 1 N–H and O–H groups in total. The molecule has 1 aromatic carbocycles. The summed E-state index contributed by atoms with van der Waals surface area (Å²) >= 11 is 4.47. The zero-order valence-electron chi connectivity index (χ0n) is 14.3. The minimum absolute atomic E-state index is 0.0110. The molecule has 130 valence electrons. The predicted octanol–water partition coefficient (Wildman–Crippen LogP) is 5.29. The highest BCUT2D eigenvalue weighted by molar-refractivity contribution is 8.01. The Morgan fingerprint density at radius 2 is 1.88 bits per heavy atom. The normalized spacial score (nSPS) is 11.5. The van der Waals surface area contributed by atoms with Crippen molar-refractivity contribution in [3.05, 3.63) is 46.8 Å². The van der Waals surface area contributed by atoms with E-state index in [1.54, 1.807) is 11.3 Å². The van der Waals surface area contributed by atoms with E-state index in [0.29, 0.717) is 10.9 Å². The monoisotopic (exact) mass is 389 g/mol. The average molecular weight is 390 g/mol. The predicted molar refractivity (Wildman–Crippen MR) is 108 cm³/mol. The molecule has 0 fully saturated rings. The van der Waals surface area contributed by atoms with Crippen molar-refractivity contribution in [1.29, 1.82) is 0 Å². The van der Waals surface area contributed by atoms with Crippen molar-refractivity contribution in [2.75, 3.05) is 11.1 Å². The SMILES string of the molecule is CC(C)(C)c1csc(NC(=O)CSc2nc(-c3ccccc3)cs2)n1. The number of aromatic nitrogens is 2. The molecule has 4 nitrogen and oxygen atoms in total. The van der Waals surface area contributed by atoms with Crippen molar-refractivity contribution in [3.8, 4) is 11.3 Å². The Morgan fingerprint density at radius 3 is 2.56 bits per heavy atom. The maximum atomic E-state index is 12.1. The number of carbonyl (C=O) groups excluding carboxylic acids is 1. The van der Waals surface area contributed by atoms with Crippen LogP contribution in [-0.2, 0) is 10.2 Å². The summed E-state index contributed by atoms with van der Waals surface area (Å²) in [6.07, 6.45) is 0. The molecule has 2 aromatic heterocycles. The number of anilines is 1. The van der Waals surface area contributed by atoms with E-state index in [9.17, 15) is 4.79 Å². The van der Waals surface area contributed by atoms with Crippen molar-refractivity contribution in [2.24, 2.45) is 0 Å². The summed E-state index contributed by atoms with van der Waals surface area (Å²) in [4.78, 5) is 21.2. The molecule has 25 heavy (non-hydrogen) atoms. The maximum Gasteiger partial charge on any atom is 0.236 e. The molecule has 7 heteroatoms. The molecule has 0 saturated heterocycles. The van der Waals surface area contributed by atoms with E-state index >= 15 is 0 Å². The van der Waals surface area contributed by atoms with Gasteiger partial charge in [-0.1, -0.05) is 62.9 Å². The maximum absolute atomic E-state index is 12.1. The number of thiazole rings is 2. The van der Waals surface area contributed by atoms with Gasteiger partial charge in [-0.2, -0.15) is 0 Å². The van der Waals surface area contributed by atoms with E-state index in [-0.39, 0.29) is 11.3 Å². The Hall–Kier alpha value is -1.70. The van der Waals surface area contributed by atoms with Gasteiger partial charge in [-0.05, 0) is 0 Å². The van der Waals surface area contributed by atoms with Crippen LogP contribution in [0.4, 0.5) is 5.13 Å². The molecule has 0 aliphatic rings. The third-order valence-electron chi connectivity index (χ3n) is 3.40. The molecule has 0 aliphatic carbocycles. The standard InChI is InChI=1S/C18H19N3OS3/c1-18(2,3)14-10-23-16(20-14)21-15(22)11-25-17-19-13(9-24-17)12-7-5-4-6-8-12/h4-10H,11H2,1-3H3,(H,20,21,22). The van der Waals surface area contributed by atoms with Crippen molar-refractivity contribution >= 4 is 45.5 Å². The lowest BCUT2D eigenvalue weighted by atomic mass is 9.93. The number of carbonyl (C=O) groups is 1. The van der Waals surface area contributed by atoms with Gasteiger partial charge in [0.1, 0.15) is 0 Å². The molecular formula is C18H19N3OS3. The molecule has 0 aliphatic heterocycles. The van der Waals surface area contributed by atoms with Crippen molar-refractivity contribution < 1.29 is 4.79 Å². The Bertz CT molecular complexity index is 850. The third kappa shape index (κ3) is 4.90. The van der Waals surface area contributed by atoms with Crippen LogP contribution in [0.1, 0.15) is 26.5 Å². The number of hydrogen-bond acceptors (Lipinski definition) is 6. The first-order valence-corrected chi connectivity index (χ1v) is 10.6. The second kappa shape index (κ2) is 7.68. The summed E-state index contributed by atoms with van der Waals surface area (Å²) in [5, 5.41) is 7.54. The zero-order chi connectivity index (χ0) is 17.9. The minimum Gasteiger partial charge on any atom is -0.301 e. The van der Waals surface area contributed by atoms with E-state index in [4.69, 9.17) is 0 Å². The Balaban J connectivity index is 1.54. The van der Waals surface area contributed by atoms with E-state index in [0.717, 1.165) is 21.3 Å². The number of benzene rings is 1. The van der Waals surface area contributed by atoms with Gasteiger partial charge in [-0.3, -0.25) is 4.79 Å². The van der Waals surface area contributed by atoms with Gasteiger partial charge >= 0.3 is 0 Å². The summed E-state index contributed by atoms with van der Waals surface area (Å²) in [6.45, 7) is 6.32. The van der Waals surface area contributed by atoms with Crippen molar-refractivity contribution in [1.82, 2.24) is 9.97 Å². The molecule has 0 radical (unpaired) electrons. The van der Waals surface area contributed by atoms with Gasteiger partial charge in [0.2, 0.25) is 5.91 Å². The van der Waals surface area contributed by atoms with Crippen LogP contribution in [-0.4, -0.2) is 21.6 Å². The van der Waals surface area contributed by atoms with Gasteiger partial charge in [-0.15, -0.1) is 22.7 Å². The zero-order valence-corrected chi connectivity index (χ0v) is 16.7. The summed E-state index contributed by atoms with van der Waals surface area (Å²) in [7, 11) is 0. The highest BCUT2D eigenvalue weighted by atomic mass is 32.2. The summed E-state index contributed by atoms with van der Waals surface area (Å²) in [5.74, 6) is 0.267. The molecule has 1 amide bonds. The van der Waals surface area contributed by atoms with E-state index < -0.39 is 0 Å². The second-order valence-corrected chi connectivity index (χ2v) is 9.43. The van der Waals surface area contributed by atoms with Crippen LogP contribution in [0, 0.1) is 0 Å². The van der Waals surface area contributed by atoms with Crippen LogP contribution < -0.4 is 5.32 Å². The second-order valence-electron chi connectivity index (χ2n) is 6.49. The Labute approximate surface area is 159 Å². The van der Waals surface area contributed by atoms with Crippen LogP contribution in [0.25, 0.3) is 11.3 Å². The van der Waals surface area contributed by atoms with Crippen LogP contribution in [0.2, 0.25) is 0 Å². The van der Waals surface area contributed by atoms with E-state index in [1.807, 2.05) is 41.1 Å². The molecule has 3 aromatic rings. The molecule has 2 heterocycles. The lowest BCUT2D eigenvalue weighted by Crippen LogP contribution is -2.15. The smallest absolute Gasteiger partial charge is 0.236 e. The van der Waals surface area contributed by atoms with Crippen LogP contribution in [0.15, 0.2) is 45.4 Å². The van der Waals surface area contributed by atoms with E-state index in [2.05, 4.69) is 36.1 Å². The third-order valence-corrected chi connectivity index (χ3v) is 6.18. The lowest BCUT2D eigenvalue weighted by molar-refractivity contribution is -0.113. The first-order valence-electron chi connectivity index (χ1n) is 7.81. The van der Waals surface area contributed by atoms with Crippen LogP contribution in [0.3, 0.4) is 0 Å². The highest BCUT2D eigenvalue weighted by Gasteiger charge is 2.18. The highest BCUT2D eigenvalue weighted by Crippen LogP contribution is 2.29. The molecule has 0 saturated carbocycles. The van der Waals surface area contributed by atoms with Gasteiger partial charge in [0.25, 0.3) is 0 Å². The minimum atomic E-state index is -0.0590. The van der Waals surface area contributed by atoms with Gasteiger partial charge < -0.3 is 5.32 Å². The van der Waals surface area contributed by atoms with Gasteiger partial charge in [-0.25, -0.2) is 9.97 Å². The van der Waals surface area contributed by atoms with Gasteiger partial charge in [0.15, 0.2) is 9.47 Å². The average Bonchev–Trinajstić information content (AvgIpc) is 3.23. The Morgan fingerprint density at radius 1 is 1.12 bits per heavy atom. The molecule has 0 unspecified atom stereocenters. The number of amides is 1. The summed E-state index contributed by atoms with van der Waals surface area (Å²) in [5.41, 5.74) is 3.02. The number of nitrogens with zero attached hydrogens (tertiary/aromatic N) is 2. The Kier molecular flexibility index (Phi) is 5.56. The van der Waals surface area contributed by atoms with Crippen LogP contribution >= 0.6 is 34.4 Å². The van der Waals surface area contributed by atoms with E-state index in [1.165, 1.54) is 23.1 Å². The molecule has 0 spiro atoms. The molecular weight excluding hydrogens is 370 g/mol. The fourth-order valence-electron chi connectivity index (χ4n) is 2.02. The fourth-order valence-corrected chi connectivity index (χ4v) is 4.61. The number of hydrogen-bond donors (Lipinski definition) is 1. The first-order chi connectivity index (χ1) is 11.9. The first kappa shape index (κ1) is 18.1. The number of thioether (sulfide) groups is 1. The summed E-state index contributed by atoms with van der Waals surface area (Å²) in [6, 6.07) is 10.0. The summed E-state index contributed by atoms with van der Waals surface area (Å²) < 4.78 is 0.892. The number of rotatable bonds is 5. The van der Waals surface area contributed by atoms with Crippen molar-refractivity contribution in [2.45, 2.75) is 30.5 Å². The largest absolute Gasteiger partial charge is 0.301 e. The molecule has 0 atom stereocenters. The fraction of sp³-hybridized carbons (Fsp3) is 0.278. The topological polar surface area (TPSA) is 54.9 Å². The van der Waals surface area contributed by atoms with Crippen molar-refractivity contribution in [3.63, 3.8) is 0 Å². The lowest BCUT2D eigenvalue weighted by Gasteiger charge is -2.14. The molecule has 0 bridgehead atoms. The molecule has 3 rings (SSSR count). The number of nitrogens with one attached hydrogen (secondary N) is 1. The van der Waals surface area contributed by atoms with Gasteiger partial charge in [0, 0.05) is 21.7 Å². The van der Waals surface area contributed by atoms with Gasteiger partial charge in [0.05, 0.1) is 17.1 Å². The quantitative estimate of drug-likeness (QED) is 0.602. The van der Waals surface area contributed by atoms with Crippen LogP contribution in [0.5, 0.6) is 0 Å².